The van der Waals surface area contributed by atoms with Gasteiger partial charge in [-0.3, -0.25) is 5.10 Å². The van der Waals surface area contributed by atoms with E-state index in [1.54, 1.807) is 6.20 Å². The number of aryl methyl sites for hydroxylation is 1. The Kier molecular flexibility index (Phi) is 4.07. The summed E-state index contributed by atoms with van der Waals surface area (Å²) < 4.78 is 27.2. The zero-order valence-electron chi connectivity index (χ0n) is 11.6. The van der Waals surface area contributed by atoms with Gasteiger partial charge in [0.2, 0.25) is 0 Å². The Balaban J connectivity index is 1.67. The van der Waals surface area contributed by atoms with Gasteiger partial charge < -0.3 is 5.32 Å². The van der Waals surface area contributed by atoms with Gasteiger partial charge in [0.25, 0.3) is 10.0 Å². The highest BCUT2D eigenvalue weighted by Gasteiger charge is 2.24. The molecule has 1 fully saturated rings. The smallest absolute Gasteiger partial charge is 0.258 e. The fraction of sp³-hybridized carbons (Fsp3) is 0.500. The summed E-state index contributed by atoms with van der Waals surface area (Å²) in [7, 11) is -3.61. The summed E-state index contributed by atoms with van der Waals surface area (Å²) in [6.07, 6.45) is 3.86. The Hall–Kier alpha value is -1.29. The predicted molar refractivity (Wildman–Crippen MR) is 79.3 cm³/mol. The van der Waals surface area contributed by atoms with E-state index in [0.717, 1.165) is 23.5 Å². The number of nitrogens with one attached hydrogen (secondary N) is 3. The van der Waals surface area contributed by atoms with Gasteiger partial charge >= 0.3 is 0 Å². The van der Waals surface area contributed by atoms with Gasteiger partial charge in [0, 0.05) is 23.5 Å². The van der Waals surface area contributed by atoms with Crippen molar-refractivity contribution in [2.24, 2.45) is 0 Å². The molecule has 2 aromatic heterocycles. The summed E-state index contributed by atoms with van der Waals surface area (Å²) in [4.78, 5) is 4.24. The summed E-state index contributed by atoms with van der Waals surface area (Å²) in [6.45, 7) is 2.58. The Labute approximate surface area is 127 Å². The zero-order chi connectivity index (χ0) is 14.9. The van der Waals surface area contributed by atoms with Crippen LogP contribution in [0.25, 0.3) is 0 Å². The summed E-state index contributed by atoms with van der Waals surface area (Å²) in [6, 6.07) is 0.515. The van der Waals surface area contributed by atoms with Crippen LogP contribution in [0, 0.1) is 6.92 Å². The van der Waals surface area contributed by atoms with Crippen molar-refractivity contribution in [1.82, 2.24) is 25.2 Å². The molecular weight excluding hydrogens is 310 g/mol. The largest absolute Gasteiger partial charge is 0.310 e. The van der Waals surface area contributed by atoms with Gasteiger partial charge in [-0.2, -0.15) is 5.10 Å². The van der Waals surface area contributed by atoms with E-state index in [1.807, 2.05) is 12.3 Å². The fourth-order valence-electron chi connectivity index (χ4n) is 1.93. The maximum absolute atomic E-state index is 12.3. The number of sulfonamides is 1. The Bertz CT molecular complexity index is 718. The molecule has 114 valence electrons. The van der Waals surface area contributed by atoms with Crippen molar-refractivity contribution >= 4 is 21.4 Å². The second-order valence-corrected chi connectivity index (χ2v) is 7.83. The van der Waals surface area contributed by atoms with Crippen LogP contribution in [0.5, 0.6) is 0 Å². The Morgan fingerprint density at radius 1 is 1.43 bits per heavy atom. The van der Waals surface area contributed by atoms with E-state index < -0.39 is 10.0 Å². The quantitative estimate of drug-likeness (QED) is 0.702. The Morgan fingerprint density at radius 2 is 2.24 bits per heavy atom. The summed E-state index contributed by atoms with van der Waals surface area (Å²) in [5.41, 5.74) is 1.38. The zero-order valence-corrected chi connectivity index (χ0v) is 13.2. The lowest BCUT2D eigenvalue weighted by molar-refractivity contribution is 0.572. The molecule has 7 nitrogen and oxygen atoms in total. The van der Waals surface area contributed by atoms with E-state index in [2.05, 4.69) is 25.2 Å². The van der Waals surface area contributed by atoms with Crippen molar-refractivity contribution in [3.8, 4) is 0 Å². The topological polar surface area (TPSA) is 99.8 Å². The second-order valence-electron chi connectivity index (χ2n) is 5.06. The minimum absolute atomic E-state index is 0.127. The van der Waals surface area contributed by atoms with Gasteiger partial charge in [-0.15, -0.1) is 11.3 Å². The van der Waals surface area contributed by atoms with Gasteiger partial charge in [0.15, 0.2) is 5.03 Å². The lowest BCUT2D eigenvalue weighted by Gasteiger charge is -2.06. The van der Waals surface area contributed by atoms with E-state index in [9.17, 15) is 8.42 Å². The molecule has 1 aliphatic rings. The van der Waals surface area contributed by atoms with Gasteiger partial charge in [-0.25, -0.2) is 18.1 Å². The van der Waals surface area contributed by atoms with Gasteiger partial charge in [0.05, 0.1) is 23.4 Å². The lowest BCUT2D eigenvalue weighted by atomic mass is 10.3. The normalized spacial score (nSPS) is 15.5. The molecule has 0 aromatic carbocycles. The van der Waals surface area contributed by atoms with Crippen molar-refractivity contribution in [2.75, 3.05) is 0 Å². The molecule has 0 amide bonds. The third-order valence-electron chi connectivity index (χ3n) is 3.22. The van der Waals surface area contributed by atoms with E-state index in [0.29, 0.717) is 18.2 Å². The fourth-order valence-corrected chi connectivity index (χ4v) is 3.67. The Morgan fingerprint density at radius 3 is 2.90 bits per heavy atom. The second kappa shape index (κ2) is 5.84. The van der Waals surface area contributed by atoms with E-state index in [1.165, 1.54) is 11.3 Å². The molecule has 1 saturated carbocycles. The molecule has 3 N–H and O–H groups in total. The highest BCUT2D eigenvalue weighted by Crippen LogP contribution is 2.20. The number of thiazole rings is 1. The molecule has 0 aliphatic heterocycles. The molecule has 0 saturated heterocycles. The number of H-pyrrole nitrogens is 1. The highest BCUT2D eigenvalue weighted by molar-refractivity contribution is 7.89. The maximum Gasteiger partial charge on any atom is 0.258 e. The summed E-state index contributed by atoms with van der Waals surface area (Å²) in [5.74, 6) is 0. The minimum Gasteiger partial charge on any atom is -0.310 e. The highest BCUT2D eigenvalue weighted by atomic mass is 32.2. The third-order valence-corrected chi connectivity index (χ3v) is 5.45. The molecule has 2 heterocycles. The molecule has 1 aliphatic carbocycles. The van der Waals surface area contributed by atoms with Gasteiger partial charge in [-0.05, 0) is 19.8 Å². The molecule has 21 heavy (non-hydrogen) atoms. The van der Waals surface area contributed by atoms with Crippen molar-refractivity contribution in [3.63, 3.8) is 0 Å². The molecule has 0 spiro atoms. The molecular formula is C12H17N5O2S2. The summed E-state index contributed by atoms with van der Waals surface area (Å²) >= 11 is 1.50. The molecule has 0 unspecified atom stereocenters. The van der Waals surface area contributed by atoms with Crippen LogP contribution in [0.15, 0.2) is 16.6 Å². The van der Waals surface area contributed by atoms with Crippen LogP contribution in [0.2, 0.25) is 0 Å². The third kappa shape index (κ3) is 3.67. The maximum atomic E-state index is 12.3. The number of hydrogen-bond donors (Lipinski definition) is 3. The number of aromatic nitrogens is 3. The first-order valence-corrected chi connectivity index (χ1v) is 9.07. The number of hydrogen-bond acceptors (Lipinski definition) is 6. The van der Waals surface area contributed by atoms with Gasteiger partial charge in [-0.1, -0.05) is 0 Å². The standard InChI is InChI=1S/C12H17N5O2S2/c1-8-16-11(7-20-8)6-15-21(18,19)12-9(5-14-17-12)4-13-10-2-3-10/h5,7,10,13,15H,2-4,6H2,1H3,(H,14,17). The number of aromatic amines is 1. The van der Waals surface area contributed by atoms with E-state index >= 15 is 0 Å². The predicted octanol–water partition coefficient (Wildman–Crippen LogP) is 0.905. The molecule has 3 rings (SSSR count). The van der Waals surface area contributed by atoms with Crippen LogP contribution < -0.4 is 10.0 Å². The molecule has 2 aromatic rings. The van der Waals surface area contributed by atoms with Gasteiger partial charge in [0.1, 0.15) is 0 Å². The average molecular weight is 327 g/mol. The van der Waals surface area contributed by atoms with E-state index in [4.69, 9.17) is 0 Å². The monoisotopic (exact) mass is 327 g/mol. The van der Waals surface area contributed by atoms with Crippen molar-refractivity contribution in [3.05, 3.63) is 27.8 Å². The van der Waals surface area contributed by atoms with Crippen LogP contribution in [0.3, 0.4) is 0 Å². The average Bonchev–Trinajstić information content (AvgIpc) is 2.97. The van der Waals surface area contributed by atoms with Crippen molar-refractivity contribution < 1.29 is 8.42 Å². The minimum atomic E-state index is -3.61. The van der Waals surface area contributed by atoms with Crippen LogP contribution in [-0.4, -0.2) is 29.6 Å². The first-order valence-electron chi connectivity index (χ1n) is 6.71. The van der Waals surface area contributed by atoms with Crippen LogP contribution in [0.1, 0.15) is 29.1 Å². The summed E-state index contributed by atoms with van der Waals surface area (Å²) in [5, 5.41) is 12.6. The SMILES string of the molecule is Cc1nc(CNS(=O)(=O)c2[nH]ncc2CNC2CC2)cs1. The molecule has 0 bridgehead atoms. The first-order chi connectivity index (χ1) is 10.0. The van der Waals surface area contributed by atoms with Crippen LogP contribution in [-0.2, 0) is 23.1 Å². The van der Waals surface area contributed by atoms with Crippen molar-refractivity contribution in [1.29, 1.82) is 0 Å². The van der Waals surface area contributed by atoms with E-state index in [-0.39, 0.29) is 11.6 Å². The molecule has 0 radical (unpaired) electrons. The lowest BCUT2D eigenvalue weighted by Crippen LogP contribution is -2.26. The van der Waals surface area contributed by atoms with Crippen LogP contribution >= 0.6 is 11.3 Å². The molecule has 0 atom stereocenters. The number of nitrogens with zero attached hydrogens (tertiary/aromatic N) is 2. The number of rotatable bonds is 7. The van der Waals surface area contributed by atoms with Crippen LogP contribution in [0.4, 0.5) is 0 Å². The first kappa shape index (κ1) is 14.6. The van der Waals surface area contributed by atoms with Crippen molar-refractivity contribution in [2.45, 2.75) is 43.9 Å². The molecule has 9 heteroatoms.